The van der Waals surface area contributed by atoms with Crippen molar-refractivity contribution in [3.63, 3.8) is 0 Å². The molecule has 0 spiro atoms. The SMILES string of the molecule is [CH2-]c1ccccc1[CH2-].[W+2]. The van der Waals surface area contributed by atoms with Crippen LogP contribution in [0.25, 0.3) is 0 Å². The quantitative estimate of drug-likeness (QED) is 0.641. The van der Waals surface area contributed by atoms with Crippen LogP contribution in [0.5, 0.6) is 0 Å². The van der Waals surface area contributed by atoms with Crippen LogP contribution in [0.15, 0.2) is 24.3 Å². The van der Waals surface area contributed by atoms with Crippen molar-refractivity contribution < 1.29 is 21.1 Å². The standard InChI is InChI=1S/C8H8.W/c1-7-5-3-4-6-8(7)2;/h3-6H,1-2H2;/q-2;+2. The molecular weight excluding hydrogens is 280 g/mol. The van der Waals surface area contributed by atoms with Crippen LogP contribution < -0.4 is 0 Å². The molecule has 1 rings (SSSR count). The number of hydrogen-bond acceptors (Lipinski definition) is 0. The second kappa shape index (κ2) is 3.63. The Balaban J connectivity index is 0.000000640. The van der Waals surface area contributed by atoms with Gasteiger partial charge in [0.05, 0.1) is 0 Å². The van der Waals surface area contributed by atoms with Gasteiger partial charge >= 0.3 is 21.1 Å². The van der Waals surface area contributed by atoms with E-state index in [9.17, 15) is 0 Å². The smallest absolute Gasteiger partial charge is 0.299 e. The molecule has 1 heteroatoms. The van der Waals surface area contributed by atoms with Crippen LogP contribution >= 0.6 is 0 Å². The van der Waals surface area contributed by atoms with E-state index < -0.39 is 0 Å². The van der Waals surface area contributed by atoms with Crippen molar-refractivity contribution in [2.45, 2.75) is 0 Å². The molecular formula is C8H8W. The minimum absolute atomic E-state index is 0. The summed E-state index contributed by atoms with van der Waals surface area (Å²) < 4.78 is 0. The summed E-state index contributed by atoms with van der Waals surface area (Å²) in [4.78, 5) is 0. The molecule has 0 saturated heterocycles. The van der Waals surface area contributed by atoms with E-state index in [0.717, 1.165) is 11.1 Å². The van der Waals surface area contributed by atoms with Gasteiger partial charge in [-0.15, -0.1) is 12.1 Å². The third-order valence-electron chi connectivity index (χ3n) is 1.12. The first-order valence-electron chi connectivity index (χ1n) is 2.53. The van der Waals surface area contributed by atoms with Crippen molar-refractivity contribution >= 4 is 0 Å². The van der Waals surface area contributed by atoms with E-state index in [1.165, 1.54) is 0 Å². The molecule has 0 fully saturated rings. The molecule has 1 aromatic rings. The first kappa shape index (κ1) is 8.65. The van der Waals surface area contributed by atoms with Gasteiger partial charge in [-0.2, -0.15) is 0 Å². The Morgan fingerprint density at radius 3 is 1.44 bits per heavy atom. The van der Waals surface area contributed by atoms with E-state index in [2.05, 4.69) is 13.8 Å². The van der Waals surface area contributed by atoms with Gasteiger partial charge in [-0.05, 0) is 0 Å². The van der Waals surface area contributed by atoms with Gasteiger partial charge in [0.2, 0.25) is 0 Å². The Kier molecular flexibility index (Phi) is 3.49. The first-order valence-corrected chi connectivity index (χ1v) is 2.53. The molecule has 0 amide bonds. The van der Waals surface area contributed by atoms with Crippen LogP contribution in [-0.4, -0.2) is 0 Å². The third kappa shape index (κ3) is 2.15. The van der Waals surface area contributed by atoms with Crippen LogP contribution in [0.1, 0.15) is 11.1 Å². The summed E-state index contributed by atoms with van der Waals surface area (Å²) in [7, 11) is 0. The number of rotatable bonds is 0. The fourth-order valence-electron chi connectivity index (χ4n) is 0.557. The second-order valence-electron chi connectivity index (χ2n) is 1.77. The van der Waals surface area contributed by atoms with Crippen LogP contribution in [0.2, 0.25) is 0 Å². The summed E-state index contributed by atoms with van der Waals surface area (Å²) in [6, 6.07) is 7.80. The van der Waals surface area contributed by atoms with Crippen molar-refractivity contribution in [1.29, 1.82) is 0 Å². The molecule has 0 aromatic heterocycles. The Morgan fingerprint density at radius 2 is 1.22 bits per heavy atom. The molecule has 1 aromatic carbocycles. The third-order valence-corrected chi connectivity index (χ3v) is 1.12. The summed E-state index contributed by atoms with van der Waals surface area (Å²) in [6.45, 7) is 7.52. The molecule has 0 bridgehead atoms. The van der Waals surface area contributed by atoms with Gasteiger partial charge in [0.15, 0.2) is 0 Å². The fraction of sp³-hybridized carbons (Fsp3) is 0. The zero-order chi connectivity index (χ0) is 5.98. The van der Waals surface area contributed by atoms with Gasteiger partial charge < -0.3 is 0 Å². The molecule has 0 saturated carbocycles. The van der Waals surface area contributed by atoms with Crippen molar-refractivity contribution in [2.75, 3.05) is 0 Å². The average molecular weight is 288 g/mol. The predicted molar refractivity (Wildman–Crippen MR) is 35.4 cm³/mol. The molecule has 0 unspecified atom stereocenters. The van der Waals surface area contributed by atoms with Crippen LogP contribution in [0.4, 0.5) is 0 Å². The normalized spacial score (nSPS) is 8.00. The number of benzene rings is 1. The largest absolute Gasteiger partial charge is 2.00 e. The molecule has 0 aliphatic heterocycles. The van der Waals surface area contributed by atoms with Gasteiger partial charge in [0, 0.05) is 0 Å². The Bertz CT molecular complexity index is 161. The molecule has 46 valence electrons. The Morgan fingerprint density at radius 1 is 0.889 bits per heavy atom. The summed E-state index contributed by atoms with van der Waals surface area (Å²) in [5.41, 5.74) is 2.01. The molecule has 0 atom stereocenters. The van der Waals surface area contributed by atoms with Crippen molar-refractivity contribution in [3.05, 3.63) is 49.2 Å². The zero-order valence-electron chi connectivity index (χ0n) is 5.13. The Labute approximate surface area is 70.5 Å². The fourth-order valence-corrected chi connectivity index (χ4v) is 0.557. The molecule has 0 aliphatic carbocycles. The van der Waals surface area contributed by atoms with Crippen LogP contribution in [0, 0.1) is 13.8 Å². The maximum atomic E-state index is 3.76. The average Bonchev–Trinajstić information content (AvgIpc) is 1.77. The molecule has 0 N–H and O–H groups in total. The maximum absolute atomic E-state index is 3.76. The van der Waals surface area contributed by atoms with Gasteiger partial charge in [0.25, 0.3) is 0 Å². The zero-order valence-corrected chi connectivity index (χ0v) is 8.07. The summed E-state index contributed by atoms with van der Waals surface area (Å²) in [5.74, 6) is 0. The van der Waals surface area contributed by atoms with Crippen molar-refractivity contribution in [1.82, 2.24) is 0 Å². The minimum atomic E-state index is 0. The van der Waals surface area contributed by atoms with Crippen LogP contribution in [0.3, 0.4) is 0 Å². The van der Waals surface area contributed by atoms with E-state index >= 15 is 0 Å². The van der Waals surface area contributed by atoms with E-state index in [1.807, 2.05) is 24.3 Å². The van der Waals surface area contributed by atoms with Gasteiger partial charge in [-0.1, -0.05) is 0 Å². The van der Waals surface area contributed by atoms with E-state index in [0.29, 0.717) is 0 Å². The minimum Gasteiger partial charge on any atom is -0.299 e. The molecule has 0 radical (unpaired) electrons. The van der Waals surface area contributed by atoms with Crippen LogP contribution in [-0.2, 0) is 21.1 Å². The van der Waals surface area contributed by atoms with E-state index in [4.69, 9.17) is 0 Å². The second-order valence-corrected chi connectivity index (χ2v) is 1.77. The van der Waals surface area contributed by atoms with E-state index in [-0.39, 0.29) is 21.1 Å². The van der Waals surface area contributed by atoms with Gasteiger partial charge in [-0.3, -0.25) is 25.0 Å². The Hall–Kier alpha value is -0.352. The summed E-state index contributed by atoms with van der Waals surface area (Å²) >= 11 is 0. The molecule has 0 aliphatic rings. The topological polar surface area (TPSA) is 0 Å². The summed E-state index contributed by atoms with van der Waals surface area (Å²) in [6.07, 6.45) is 0. The molecule has 0 heterocycles. The van der Waals surface area contributed by atoms with Gasteiger partial charge in [0.1, 0.15) is 0 Å². The molecule has 0 nitrogen and oxygen atoms in total. The van der Waals surface area contributed by atoms with E-state index in [1.54, 1.807) is 0 Å². The maximum Gasteiger partial charge on any atom is 2.00 e. The predicted octanol–water partition coefficient (Wildman–Crippen LogP) is 2.05. The monoisotopic (exact) mass is 288 g/mol. The van der Waals surface area contributed by atoms with Gasteiger partial charge in [-0.25, -0.2) is 12.1 Å². The van der Waals surface area contributed by atoms with Crippen molar-refractivity contribution in [2.24, 2.45) is 0 Å². The molecule has 9 heavy (non-hydrogen) atoms. The van der Waals surface area contributed by atoms with Crippen molar-refractivity contribution in [3.8, 4) is 0 Å². The number of hydrogen-bond donors (Lipinski definition) is 0. The first-order chi connectivity index (χ1) is 3.80. The summed E-state index contributed by atoms with van der Waals surface area (Å²) in [5, 5.41) is 0.